The van der Waals surface area contributed by atoms with E-state index in [9.17, 15) is 0 Å². The van der Waals surface area contributed by atoms with Crippen LogP contribution in [0.3, 0.4) is 0 Å². The van der Waals surface area contributed by atoms with Crippen molar-refractivity contribution < 1.29 is 4.42 Å². The lowest BCUT2D eigenvalue weighted by Gasteiger charge is -2.27. The maximum atomic E-state index is 6.84. The lowest BCUT2D eigenvalue weighted by molar-refractivity contribution is 0.669. The van der Waals surface area contributed by atoms with Gasteiger partial charge in [0.2, 0.25) is 0 Å². The van der Waals surface area contributed by atoms with Crippen LogP contribution in [0.2, 0.25) is 0 Å². The van der Waals surface area contributed by atoms with Crippen LogP contribution in [0.15, 0.2) is 241 Å². The van der Waals surface area contributed by atoms with Gasteiger partial charge in [-0.05, 0) is 95.1 Å². The zero-order valence-corrected chi connectivity index (χ0v) is 34.8. The molecule has 0 bridgehead atoms. The van der Waals surface area contributed by atoms with Crippen molar-refractivity contribution in [1.82, 2.24) is 9.13 Å². The van der Waals surface area contributed by atoms with Gasteiger partial charge in [0.25, 0.3) is 0 Å². The lowest BCUT2D eigenvalue weighted by atomic mass is 9.99. The fourth-order valence-corrected chi connectivity index (χ4v) is 10.0. The Balaban J connectivity index is 1.09. The van der Waals surface area contributed by atoms with Crippen LogP contribution in [-0.4, -0.2) is 9.13 Å². The number of anilines is 3. The van der Waals surface area contributed by atoms with E-state index in [2.05, 4.69) is 245 Å². The second kappa shape index (κ2) is 14.5. The van der Waals surface area contributed by atoms with E-state index in [0.29, 0.717) is 0 Å². The number of para-hydroxylation sites is 6. The quantitative estimate of drug-likeness (QED) is 0.160. The summed E-state index contributed by atoms with van der Waals surface area (Å²) in [5.74, 6) is 0. The monoisotopic (exact) mass is 817 g/mol. The standard InChI is InChI=1S/C60H39N3O/c1-2-16-40(17-3-1)42-18-14-19-43(36-42)41-32-34-44(35-33-41)61(58-30-15-25-53-52-24-8-13-31-59(52)64-60(53)58)45-37-46(62-54-26-9-4-20-48(54)49-21-5-10-27-55(49)62)39-47(38-45)63-56-28-11-6-22-50(56)51-23-7-12-29-57(51)63/h1-39H. The summed E-state index contributed by atoms with van der Waals surface area (Å²) in [7, 11) is 0. The summed E-state index contributed by atoms with van der Waals surface area (Å²) in [4.78, 5) is 2.38. The van der Waals surface area contributed by atoms with Gasteiger partial charge >= 0.3 is 0 Å². The van der Waals surface area contributed by atoms with Crippen molar-refractivity contribution in [2.45, 2.75) is 0 Å². The number of nitrogens with zero attached hydrogens (tertiary/aromatic N) is 3. The van der Waals surface area contributed by atoms with Crippen LogP contribution in [0.25, 0.3) is 99.2 Å². The first kappa shape index (κ1) is 36.1. The van der Waals surface area contributed by atoms with Gasteiger partial charge in [-0.2, -0.15) is 0 Å². The molecule has 0 saturated carbocycles. The first-order chi connectivity index (χ1) is 31.7. The topological polar surface area (TPSA) is 26.2 Å². The molecule has 4 heteroatoms. The van der Waals surface area contributed by atoms with Gasteiger partial charge in [0.05, 0.1) is 44.8 Å². The van der Waals surface area contributed by atoms with Crippen LogP contribution in [0.4, 0.5) is 17.1 Å². The second-order valence-corrected chi connectivity index (χ2v) is 16.5. The second-order valence-electron chi connectivity index (χ2n) is 16.5. The number of hydrogen-bond acceptors (Lipinski definition) is 2. The highest BCUT2D eigenvalue weighted by Crippen LogP contribution is 2.45. The molecule has 300 valence electrons. The van der Waals surface area contributed by atoms with Crippen molar-refractivity contribution in [2.24, 2.45) is 0 Å². The molecule has 0 atom stereocenters. The van der Waals surface area contributed by atoms with Crippen LogP contribution in [0.5, 0.6) is 0 Å². The van der Waals surface area contributed by atoms with Crippen LogP contribution < -0.4 is 4.90 Å². The molecule has 4 nitrogen and oxygen atoms in total. The predicted octanol–water partition coefficient (Wildman–Crippen LogP) is 16.6. The minimum Gasteiger partial charge on any atom is -0.454 e. The summed E-state index contributed by atoms with van der Waals surface area (Å²) < 4.78 is 11.7. The molecule has 13 rings (SSSR count). The van der Waals surface area contributed by atoms with Crippen molar-refractivity contribution >= 4 is 82.6 Å². The molecule has 0 saturated heterocycles. The normalized spacial score (nSPS) is 11.8. The Bertz CT molecular complexity index is 3670. The van der Waals surface area contributed by atoms with Crippen LogP contribution in [-0.2, 0) is 0 Å². The van der Waals surface area contributed by atoms with Crippen LogP contribution in [0, 0.1) is 0 Å². The van der Waals surface area contributed by atoms with Gasteiger partial charge in [-0.1, -0.05) is 164 Å². The molecule has 3 aromatic heterocycles. The summed E-state index contributed by atoms with van der Waals surface area (Å²) in [6, 6.07) is 85.3. The zero-order chi connectivity index (χ0) is 42.1. The molecule has 0 unspecified atom stereocenters. The number of hydrogen-bond donors (Lipinski definition) is 0. The molecule has 0 fully saturated rings. The maximum Gasteiger partial charge on any atom is 0.159 e. The van der Waals surface area contributed by atoms with E-state index in [1.807, 2.05) is 6.07 Å². The molecule has 0 radical (unpaired) electrons. The first-order valence-electron chi connectivity index (χ1n) is 21.8. The molecule has 0 N–H and O–H groups in total. The van der Waals surface area contributed by atoms with E-state index in [1.54, 1.807) is 0 Å². The Labute approximate surface area is 369 Å². The Kier molecular flexibility index (Phi) is 8.18. The summed E-state index contributed by atoms with van der Waals surface area (Å²) in [6.45, 7) is 0. The number of fused-ring (bicyclic) bond motifs is 9. The summed E-state index contributed by atoms with van der Waals surface area (Å²) in [5.41, 5.74) is 16.1. The molecule has 0 aliphatic heterocycles. The van der Waals surface area contributed by atoms with Gasteiger partial charge in [0, 0.05) is 38.0 Å². The third-order valence-corrected chi connectivity index (χ3v) is 12.9. The van der Waals surface area contributed by atoms with Gasteiger partial charge < -0.3 is 18.5 Å². The molecule has 13 aromatic rings. The average Bonchev–Trinajstić information content (AvgIpc) is 4.03. The molecule has 64 heavy (non-hydrogen) atoms. The third kappa shape index (κ3) is 5.70. The molecule has 0 aliphatic rings. The van der Waals surface area contributed by atoms with Crippen molar-refractivity contribution in [2.75, 3.05) is 4.90 Å². The van der Waals surface area contributed by atoms with E-state index < -0.39 is 0 Å². The van der Waals surface area contributed by atoms with Gasteiger partial charge in [0.1, 0.15) is 5.58 Å². The highest BCUT2D eigenvalue weighted by molar-refractivity contribution is 6.12. The van der Waals surface area contributed by atoms with E-state index in [4.69, 9.17) is 4.42 Å². The number of benzene rings is 10. The Morgan fingerprint density at radius 1 is 0.297 bits per heavy atom. The van der Waals surface area contributed by atoms with Gasteiger partial charge in [-0.25, -0.2) is 0 Å². The first-order valence-corrected chi connectivity index (χ1v) is 21.8. The molecule has 3 heterocycles. The van der Waals surface area contributed by atoms with Gasteiger partial charge in [-0.3, -0.25) is 0 Å². The lowest BCUT2D eigenvalue weighted by Crippen LogP contribution is -2.12. The third-order valence-electron chi connectivity index (χ3n) is 12.9. The van der Waals surface area contributed by atoms with Gasteiger partial charge in [-0.15, -0.1) is 0 Å². The van der Waals surface area contributed by atoms with Crippen molar-refractivity contribution in [3.63, 3.8) is 0 Å². The summed E-state index contributed by atoms with van der Waals surface area (Å²) in [6.07, 6.45) is 0. The molecular formula is C60H39N3O. The number of furan rings is 1. The Morgan fingerprint density at radius 2 is 0.734 bits per heavy atom. The van der Waals surface area contributed by atoms with Crippen molar-refractivity contribution in [1.29, 1.82) is 0 Å². The average molecular weight is 818 g/mol. The van der Waals surface area contributed by atoms with E-state index in [1.165, 1.54) is 38.2 Å². The number of rotatable bonds is 7. The highest BCUT2D eigenvalue weighted by atomic mass is 16.3. The SMILES string of the molecule is c1ccc(-c2cccc(-c3ccc(N(c4cc(-n5c6ccccc6c6ccccc65)cc(-n5c6ccccc6c6ccccc65)c4)c4cccc5c4oc4ccccc45)cc3)c2)cc1. The maximum absolute atomic E-state index is 6.84. The molecule has 0 aliphatic carbocycles. The van der Waals surface area contributed by atoms with Crippen LogP contribution >= 0.6 is 0 Å². The predicted molar refractivity (Wildman–Crippen MR) is 268 cm³/mol. The molecule has 10 aromatic carbocycles. The molecule has 0 spiro atoms. The fourth-order valence-electron chi connectivity index (χ4n) is 10.0. The molecular weight excluding hydrogens is 779 g/mol. The number of aromatic nitrogens is 2. The smallest absolute Gasteiger partial charge is 0.159 e. The van der Waals surface area contributed by atoms with E-state index >= 15 is 0 Å². The zero-order valence-electron chi connectivity index (χ0n) is 34.8. The fraction of sp³-hybridized carbons (Fsp3) is 0. The van der Waals surface area contributed by atoms with Crippen molar-refractivity contribution in [3.05, 3.63) is 237 Å². The largest absolute Gasteiger partial charge is 0.454 e. The van der Waals surface area contributed by atoms with Gasteiger partial charge in [0.15, 0.2) is 5.58 Å². The summed E-state index contributed by atoms with van der Waals surface area (Å²) in [5, 5.41) is 7.05. The highest BCUT2D eigenvalue weighted by Gasteiger charge is 2.23. The van der Waals surface area contributed by atoms with E-state index in [0.717, 1.165) is 78.0 Å². The minimum absolute atomic E-state index is 0.837. The van der Waals surface area contributed by atoms with E-state index in [-0.39, 0.29) is 0 Å². The molecule has 0 amide bonds. The minimum atomic E-state index is 0.837. The Hall–Kier alpha value is -8.60. The van der Waals surface area contributed by atoms with Crippen molar-refractivity contribution in [3.8, 4) is 33.6 Å². The Morgan fingerprint density at radius 3 is 1.30 bits per heavy atom. The van der Waals surface area contributed by atoms with Crippen LogP contribution in [0.1, 0.15) is 0 Å². The summed E-state index contributed by atoms with van der Waals surface area (Å²) >= 11 is 0.